The molecular weight excluding hydrogens is 186 g/mol. The topological polar surface area (TPSA) is 95.0 Å². The third kappa shape index (κ3) is 0.711. The van der Waals surface area contributed by atoms with Crippen molar-refractivity contribution < 1.29 is 9.59 Å². The monoisotopic (exact) mass is 195 g/mol. The van der Waals surface area contributed by atoms with Gasteiger partial charge in [0.15, 0.2) is 5.54 Å². The molecule has 7 nitrogen and oxygen atoms in total. The van der Waals surface area contributed by atoms with Crippen LogP contribution in [0.2, 0.25) is 0 Å². The molecule has 3 aliphatic rings. The SMILES string of the molecule is O=C1NC(=O)C23N=NC[C@@H]2CN[C@H]3N1. The second-order valence-corrected chi connectivity index (χ2v) is 3.72. The Morgan fingerprint density at radius 3 is 3.14 bits per heavy atom. The summed E-state index contributed by atoms with van der Waals surface area (Å²) in [5, 5.41) is 15.8. The predicted molar refractivity (Wildman–Crippen MR) is 44.4 cm³/mol. The molecule has 3 heterocycles. The fourth-order valence-corrected chi connectivity index (χ4v) is 2.30. The van der Waals surface area contributed by atoms with Crippen LogP contribution in [0.5, 0.6) is 0 Å². The van der Waals surface area contributed by atoms with Gasteiger partial charge in [0.05, 0.1) is 6.54 Å². The maximum atomic E-state index is 11.7. The van der Waals surface area contributed by atoms with Crippen LogP contribution >= 0.6 is 0 Å². The molecule has 2 fully saturated rings. The molecule has 0 radical (unpaired) electrons. The molecule has 7 heteroatoms. The second-order valence-electron chi connectivity index (χ2n) is 3.72. The Balaban J connectivity index is 2.06. The zero-order chi connectivity index (χ0) is 9.76. The van der Waals surface area contributed by atoms with Crippen LogP contribution < -0.4 is 16.0 Å². The number of azo groups is 1. The number of rotatable bonds is 0. The number of carbonyl (C=O) groups excluding carboxylic acids is 2. The lowest BCUT2D eigenvalue weighted by Crippen LogP contribution is -2.69. The predicted octanol–water partition coefficient (Wildman–Crippen LogP) is -1.42. The van der Waals surface area contributed by atoms with Crippen molar-refractivity contribution in [3.8, 4) is 0 Å². The van der Waals surface area contributed by atoms with Crippen LogP contribution in [0.25, 0.3) is 0 Å². The van der Waals surface area contributed by atoms with E-state index in [4.69, 9.17) is 0 Å². The van der Waals surface area contributed by atoms with E-state index >= 15 is 0 Å². The van der Waals surface area contributed by atoms with Crippen molar-refractivity contribution in [3.05, 3.63) is 0 Å². The summed E-state index contributed by atoms with van der Waals surface area (Å²) in [7, 11) is 0. The summed E-state index contributed by atoms with van der Waals surface area (Å²) in [4.78, 5) is 22.8. The fourth-order valence-electron chi connectivity index (χ4n) is 2.30. The van der Waals surface area contributed by atoms with Crippen LogP contribution in [0, 0.1) is 5.92 Å². The molecule has 2 saturated heterocycles. The van der Waals surface area contributed by atoms with Crippen molar-refractivity contribution in [1.82, 2.24) is 16.0 Å². The van der Waals surface area contributed by atoms with E-state index in [0.717, 1.165) is 0 Å². The van der Waals surface area contributed by atoms with Gasteiger partial charge < -0.3 is 5.32 Å². The Labute approximate surface area is 79.3 Å². The van der Waals surface area contributed by atoms with Gasteiger partial charge in [0.2, 0.25) is 0 Å². The third-order valence-electron chi connectivity index (χ3n) is 3.04. The van der Waals surface area contributed by atoms with Crippen LogP contribution in [0.1, 0.15) is 0 Å². The van der Waals surface area contributed by atoms with Gasteiger partial charge in [-0.25, -0.2) is 4.79 Å². The first kappa shape index (κ1) is 7.86. The van der Waals surface area contributed by atoms with Crippen molar-refractivity contribution in [2.75, 3.05) is 13.1 Å². The van der Waals surface area contributed by atoms with Gasteiger partial charge in [-0.1, -0.05) is 0 Å². The normalized spacial score (nSPS) is 44.3. The summed E-state index contributed by atoms with van der Waals surface area (Å²) in [6.07, 6.45) is -0.403. The third-order valence-corrected chi connectivity index (χ3v) is 3.04. The zero-order valence-electron chi connectivity index (χ0n) is 7.28. The van der Waals surface area contributed by atoms with Gasteiger partial charge in [-0.2, -0.15) is 10.2 Å². The van der Waals surface area contributed by atoms with E-state index in [9.17, 15) is 9.59 Å². The number of urea groups is 1. The number of hydrogen-bond acceptors (Lipinski definition) is 5. The molecule has 3 atom stereocenters. The Morgan fingerprint density at radius 2 is 2.29 bits per heavy atom. The molecule has 74 valence electrons. The maximum absolute atomic E-state index is 11.7. The van der Waals surface area contributed by atoms with Crippen LogP contribution in [0.4, 0.5) is 4.79 Å². The van der Waals surface area contributed by atoms with Crippen LogP contribution in [0.3, 0.4) is 0 Å². The number of amides is 3. The lowest BCUT2D eigenvalue weighted by molar-refractivity contribution is -0.127. The van der Waals surface area contributed by atoms with Crippen LogP contribution in [-0.4, -0.2) is 36.7 Å². The number of hydrogen-bond donors (Lipinski definition) is 3. The average Bonchev–Trinajstić information content (AvgIpc) is 2.64. The molecule has 14 heavy (non-hydrogen) atoms. The van der Waals surface area contributed by atoms with Crippen LogP contribution in [-0.2, 0) is 4.79 Å². The van der Waals surface area contributed by atoms with E-state index in [-0.39, 0.29) is 11.8 Å². The molecule has 0 aliphatic carbocycles. The summed E-state index contributed by atoms with van der Waals surface area (Å²) < 4.78 is 0. The quantitative estimate of drug-likeness (QED) is 0.442. The molecule has 0 aromatic rings. The zero-order valence-corrected chi connectivity index (χ0v) is 7.28. The van der Waals surface area contributed by atoms with Gasteiger partial charge in [-0.05, 0) is 0 Å². The number of nitrogens with zero attached hydrogens (tertiary/aromatic N) is 2. The first-order valence-corrected chi connectivity index (χ1v) is 4.47. The van der Waals surface area contributed by atoms with E-state index in [1.165, 1.54) is 0 Å². The van der Waals surface area contributed by atoms with Gasteiger partial charge in [-0.15, -0.1) is 0 Å². The highest BCUT2D eigenvalue weighted by Crippen LogP contribution is 2.37. The highest BCUT2D eigenvalue weighted by molar-refractivity contribution is 6.03. The Morgan fingerprint density at radius 1 is 1.43 bits per heavy atom. The maximum Gasteiger partial charge on any atom is 0.322 e. The highest BCUT2D eigenvalue weighted by Gasteiger charge is 2.61. The smallest absolute Gasteiger partial charge is 0.319 e. The Kier molecular flexibility index (Phi) is 1.29. The highest BCUT2D eigenvalue weighted by atomic mass is 16.2. The molecule has 3 rings (SSSR count). The molecule has 0 aromatic heterocycles. The Bertz CT molecular complexity index is 354. The van der Waals surface area contributed by atoms with E-state index in [0.29, 0.717) is 13.1 Å². The number of nitrogens with one attached hydrogen (secondary N) is 3. The molecule has 0 aromatic carbocycles. The summed E-state index contributed by atoms with van der Waals surface area (Å²) in [5.41, 5.74) is -0.895. The van der Waals surface area contributed by atoms with Crippen LogP contribution in [0.15, 0.2) is 10.2 Å². The summed E-state index contributed by atoms with van der Waals surface area (Å²) in [6, 6.07) is -0.471. The standard InChI is InChI=1S/C7H9N5O2/c13-5-7-3(2-9-12-7)1-8-4(7)10-6(14)11-5/h3-4,8H,1-2H2,(H2,10,11,13,14)/t3-,4-,7?/m0/s1. The first-order valence-electron chi connectivity index (χ1n) is 4.47. The van der Waals surface area contributed by atoms with Crippen molar-refractivity contribution in [2.24, 2.45) is 16.1 Å². The molecule has 1 unspecified atom stereocenters. The molecule has 1 spiro atoms. The minimum absolute atomic E-state index is 0.0631. The first-order chi connectivity index (χ1) is 6.73. The van der Waals surface area contributed by atoms with Gasteiger partial charge in [0, 0.05) is 12.5 Å². The summed E-state index contributed by atoms with van der Waals surface area (Å²) >= 11 is 0. The number of imide groups is 1. The Hall–Kier alpha value is -1.50. The average molecular weight is 195 g/mol. The largest absolute Gasteiger partial charge is 0.322 e. The van der Waals surface area contributed by atoms with E-state index in [1.54, 1.807) is 0 Å². The summed E-state index contributed by atoms with van der Waals surface area (Å²) in [5.74, 6) is -0.282. The van der Waals surface area contributed by atoms with Gasteiger partial charge in [-0.3, -0.25) is 15.4 Å². The summed E-state index contributed by atoms with van der Waals surface area (Å²) in [6.45, 7) is 1.21. The number of carbonyl (C=O) groups is 2. The van der Waals surface area contributed by atoms with Crippen molar-refractivity contribution in [3.63, 3.8) is 0 Å². The molecule has 0 bridgehead atoms. The fraction of sp³-hybridized carbons (Fsp3) is 0.714. The van der Waals surface area contributed by atoms with E-state index < -0.39 is 17.7 Å². The van der Waals surface area contributed by atoms with Gasteiger partial charge in [0.1, 0.15) is 6.17 Å². The molecular formula is C7H9N5O2. The van der Waals surface area contributed by atoms with E-state index in [1.807, 2.05) is 0 Å². The minimum atomic E-state index is -0.895. The molecule has 3 N–H and O–H groups in total. The second kappa shape index (κ2) is 2.30. The lowest BCUT2D eigenvalue weighted by atomic mass is 9.85. The van der Waals surface area contributed by atoms with Crippen molar-refractivity contribution in [2.45, 2.75) is 11.7 Å². The van der Waals surface area contributed by atoms with E-state index in [2.05, 4.69) is 26.2 Å². The van der Waals surface area contributed by atoms with Crippen molar-refractivity contribution in [1.29, 1.82) is 0 Å². The minimum Gasteiger partial charge on any atom is -0.319 e. The molecule has 0 saturated carbocycles. The van der Waals surface area contributed by atoms with Gasteiger partial charge >= 0.3 is 6.03 Å². The molecule has 3 aliphatic heterocycles. The van der Waals surface area contributed by atoms with Crippen molar-refractivity contribution >= 4 is 11.9 Å². The lowest BCUT2D eigenvalue weighted by Gasteiger charge is -2.33. The molecule has 3 amide bonds. The van der Waals surface area contributed by atoms with Gasteiger partial charge in [0.25, 0.3) is 5.91 Å².